The maximum absolute atomic E-state index is 12.5. The third-order valence-electron chi connectivity index (χ3n) is 5.31. The first kappa shape index (κ1) is 16.5. The van der Waals surface area contributed by atoms with Crippen LogP contribution in [0.25, 0.3) is 0 Å². The Labute approximate surface area is 128 Å². The van der Waals surface area contributed by atoms with Crippen molar-refractivity contribution in [1.29, 1.82) is 0 Å². The molecule has 2 rings (SSSR count). The average molecular weight is 294 g/mol. The molecule has 2 atom stereocenters. The van der Waals surface area contributed by atoms with Crippen LogP contribution < -0.4 is 5.32 Å². The highest BCUT2D eigenvalue weighted by Crippen LogP contribution is 2.28. The van der Waals surface area contributed by atoms with Crippen molar-refractivity contribution in [2.75, 3.05) is 0 Å². The van der Waals surface area contributed by atoms with Crippen LogP contribution in [0.1, 0.15) is 72.1 Å². The van der Waals surface area contributed by atoms with Gasteiger partial charge in [0, 0.05) is 12.1 Å². The minimum absolute atomic E-state index is 0.00189. The average Bonchev–Trinajstić information content (AvgIpc) is 2.77. The van der Waals surface area contributed by atoms with Gasteiger partial charge < -0.3 is 5.32 Å². The van der Waals surface area contributed by atoms with E-state index in [0.29, 0.717) is 18.4 Å². The van der Waals surface area contributed by atoms with Gasteiger partial charge in [0.05, 0.1) is 12.5 Å². The van der Waals surface area contributed by atoms with Crippen LogP contribution in [0.5, 0.6) is 0 Å². The summed E-state index contributed by atoms with van der Waals surface area (Å²) >= 11 is 0. The number of amides is 2. The number of hydrogen-bond donors (Lipinski definition) is 1. The smallest absolute Gasteiger partial charge is 0.247 e. The number of nitrogens with one attached hydrogen (secondary N) is 1. The second-order valence-electron chi connectivity index (χ2n) is 6.68. The number of nitrogens with zero attached hydrogens (tertiary/aromatic N) is 1. The Balaban J connectivity index is 1.95. The minimum Gasteiger partial charge on any atom is -0.303 e. The predicted octanol–water partition coefficient (Wildman–Crippen LogP) is 2.86. The Kier molecular flexibility index (Phi) is 5.80. The molecular weight excluding hydrogens is 264 g/mol. The summed E-state index contributed by atoms with van der Waals surface area (Å²) in [7, 11) is 0. The highest BCUT2D eigenvalue weighted by atomic mass is 16.2. The van der Waals surface area contributed by atoms with Crippen molar-refractivity contribution >= 4 is 11.8 Å². The first-order valence-electron chi connectivity index (χ1n) is 8.70. The monoisotopic (exact) mass is 294 g/mol. The molecule has 2 unspecified atom stereocenters. The van der Waals surface area contributed by atoms with Crippen LogP contribution in [0.4, 0.5) is 0 Å². The van der Waals surface area contributed by atoms with Crippen molar-refractivity contribution in [1.82, 2.24) is 10.2 Å². The second-order valence-corrected chi connectivity index (χ2v) is 6.68. The second kappa shape index (κ2) is 7.39. The van der Waals surface area contributed by atoms with Gasteiger partial charge in [-0.2, -0.15) is 0 Å². The molecule has 4 heteroatoms. The number of likely N-dealkylation sites (tertiary alicyclic amines) is 1. The molecule has 2 amide bonds. The first-order valence-corrected chi connectivity index (χ1v) is 8.70. The zero-order valence-corrected chi connectivity index (χ0v) is 13.7. The molecular formula is C17H30N2O2. The Bertz CT molecular complexity index is 373. The molecule has 0 bridgehead atoms. The maximum atomic E-state index is 12.5. The summed E-state index contributed by atoms with van der Waals surface area (Å²) in [5.41, 5.74) is 0. The van der Waals surface area contributed by atoms with E-state index in [1.165, 1.54) is 37.0 Å². The molecule has 120 valence electrons. The van der Waals surface area contributed by atoms with Crippen LogP contribution in [0.2, 0.25) is 0 Å². The van der Waals surface area contributed by atoms with Crippen LogP contribution in [-0.2, 0) is 9.59 Å². The normalized spacial score (nSPS) is 25.9. The van der Waals surface area contributed by atoms with Crippen LogP contribution in [-0.4, -0.2) is 34.8 Å². The SMILES string of the molecule is CCC(CC)N1C(=O)CC(NC(C)C2CCCCC2)C1=O. The van der Waals surface area contributed by atoms with Crippen LogP contribution >= 0.6 is 0 Å². The lowest BCUT2D eigenvalue weighted by Gasteiger charge is -2.30. The minimum atomic E-state index is -0.296. The van der Waals surface area contributed by atoms with Crippen molar-refractivity contribution in [3.05, 3.63) is 0 Å². The van der Waals surface area contributed by atoms with Crippen LogP contribution in [0.15, 0.2) is 0 Å². The van der Waals surface area contributed by atoms with E-state index in [1.807, 2.05) is 13.8 Å². The van der Waals surface area contributed by atoms with Gasteiger partial charge in [-0.1, -0.05) is 33.1 Å². The van der Waals surface area contributed by atoms with Gasteiger partial charge in [-0.05, 0) is 38.5 Å². The fraction of sp³-hybridized carbons (Fsp3) is 0.882. The highest BCUT2D eigenvalue weighted by Gasteiger charge is 2.42. The quantitative estimate of drug-likeness (QED) is 0.766. The van der Waals surface area contributed by atoms with Gasteiger partial charge in [-0.15, -0.1) is 0 Å². The lowest BCUT2D eigenvalue weighted by Crippen LogP contribution is -2.47. The number of rotatable bonds is 6. The summed E-state index contributed by atoms with van der Waals surface area (Å²) in [6, 6.07) is 0.102. The lowest BCUT2D eigenvalue weighted by atomic mass is 9.84. The molecule has 1 aliphatic carbocycles. The zero-order valence-electron chi connectivity index (χ0n) is 13.7. The lowest BCUT2D eigenvalue weighted by molar-refractivity contribution is -0.141. The molecule has 0 spiro atoms. The van der Waals surface area contributed by atoms with Gasteiger partial charge in [-0.25, -0.2) is 0 Å². The van der Waals surface area contributed by atoms with E-state index in [0.717, 1.165) is 12.8 Å². The molecule has 1 N–H and O–H groups in total. The van der Waals surface area contributed by atoms with E-state index in [1.54, 1.807) is 0 Å². The van der Waals surface area contributed by atoms with Gasteiger partial charge in [0.2, 0.25) is 11.8 Å². The highest BCUT2D eigenvalue weighted by molar-refractivity contribution is 6.05. The van der Waals surface area contributed by atoms with E-state index in [2.05, 4.69) is 12.2 Å². The first-order chi connectivity index (χ1) is 10.1. The van der Waals surface area contributed by atoms with E-state index >= 15 is 0 Å². The molecule has 2 fully saturated rings. The molecule has 1 heterocycles. The summed E-state index contributed by atoms with van der Waals surface area (Å²) in [5.74, 6) is 0.655. The summed E-state index contributed by atoms with van der Waals surface area (Å²) in [5, 5.41) is 3.45. The maximum Gasteiger partial charge on any atom is 0.247 e. The number of hydrogen-bond acceptors (Lipinski definition) is 3. The number of carbonyl (C=O) groups is 2. The van der Waals surface area contributed by atoms with Crippen molar-refractivity contribution < 1.29 is 9.59 Å². The topological polar surface area (TPSA) is 49.4 Å². The fourth-order valence-electron chi connectivity index (χ4n) is 3.91. The van der Waals surface area contributed by atoms with Crippen molar-refractivity contribution in [3.63, 3.8) is 0 Å². The van der Waals surface area contributed by atoms with Gasteiger partial charge in [0.15, 0.2) is 0 Å². The molecule has 21 heavy (non-hydrogen) atoms. The molecule has 0 aromatic rings. The van der Waals surface area contributed by atoms with Crippen molar-refractivity contribution in [2.45, 2.75) is 90.3 Å². The Morgan fingerprint density at radius 2 is 1.76 bits per heavy atom. The number of carbonyl (C=O) groups excluding carboxylic acids is 2. The van der Waals surface area contributed by atoms with Crippen LogP contribution in [0, 0.1) is 5.92 Å². The molecule has 4 nitrogen and oxygen atoms in total. The standard InChI is InChI=1S/C17H30N2O2/c1-4-14(5-2)19-16(20)11-15(17(19)21)18-12(3)13-9-7-6-8-10-13/h12-15,18H,4-11H2,1-3H3. The largest absolute Gasteiger partial charge is 0.303 e. The van der Waals surface area contributed by atoms with Crippen molar-refractivity contribution in [3.8, 4) is 0 Å². The molecule has 1 aliphatic heterocycles. The summed E-state index contributed by atoms with van der Waals surface area (Å²) in [6.45, 7) is 6.26. The van der Waals surface area contributed by atoms with Crippen LogP contribution in [0.3, 0.4) is 0 Å². The molecule has 0 radical (unpaired) electrons. The Hall–Kier alpha value is -0.900. The van der Waals surface area contributed by atoms with E-state index < -0.39 is 0 Å². The van der Waals surface area contributed by atoms with Gasteiger partial charge in [0.1, 0.15) is 0 Å². The number of imide groups is 1. The molecule has 2 aliphatic rings. The van der Waals surface area contributed by atoms with Gasteiger partial charge in [-0.3, -0.25) is 14.5 Å². The van der Waals surface area contributed by atoms with E-state index in [9.17, 15) is 9.59 Å². The van der Waals surface area contributed by atoms with Gasteiger partial charge >= 0.3 is 0 Å². The third-order valence-corrected chi connectivity index (χ3v) is 5.31. The Morgan fingerprint density at radius 1 is 1.14 bits per heavy atom. The van der Waals surface area contributed by atoms with Crippen molar-refractivity contribution in [2.24, 2.45) is 5.92 Å². The third kappa shape index (κ3) is 3.65. The summed E-state index contributed by atoms with van der Waals surface area (Å²) in [4.78, 5) is 26.2. The summed E-state index contributed by atoms with van der Waals surface area (Å²) < 4.78 is 0. The zero-order chi connectivity index (χ0) is 15.4. The van der Waals surface area contributed by atoms with E-state index in [-0.39, 0.29) is 23.9 Å². The van der Waals surface area contributed by atoms with E-state index in [4.69, 9.17) is 0 Å². The van der Waals surface area contributed by atoms with Gasteiger partial charge in [0.25, 0.3) is 0 Å². The fourth-order valence-corrected chi connectivity index (χ4v) is 3.91. The molecule has 1 saturated carbocycles. The predicted molar refractivity (Wildman–Crippen MR) is 83.8 cm³/mol. The molecule has 1 saturated heterocycles. The molecule has 0 aromatic carbocycles. The molecule has 0 aromatic heterocycles. The Morgan fingerprint density at radius 3 is 2.33 bits per heavy atom. The summed E-state index contributed by atoms with van der Waals surface area (Å²) in [6.07, 6.45) is 8.47.